The van der Waals surface area contributed by atoms with Crippen LogP contribution in [-0.2, 0) is 42.9 Å². The van der Waals surface area contributed by atoms with Crippen LogP contribution in [0, 0.1) is 5.41 Å². The second-order valence-electron chi connectivity index (χ2n) is 5.55. The van der Waals surface area contributed by atoms with Crippen LogP contribution in [-0.4, -0.2) is 65.5 Å². The smallest absolute Gasteiger partial charge is 0.303 e. The summed E-state index contributed by atoms with van der Waals surface area (Å²) in [5, 5.41) is 7.10. The first-order valence-corrected chi connectivity index (χ1v) is 8.70. The van der Waals surface area contributed by atoms with Crippen molar-refractivity contribution >= 4 is 40.8 Å². The van der Waals surface area contributed by atoms with Gasteiger partial charge in [0.15, 0.2) is 28.9 Å². The van der Waals surface area contributed by atoms with E-state index in [0.717, 1.165) is 20.8 Å². The summed E-state index contributed by atoms with van der Waals surface area (Å²) in [6.45, 7) is 4.24. The molecule has 1 fully saturated rings. The summed E-state index contributed by atoms with van der Waals surface area (Å²) in [5.41, 5.74) is 4.33. The highest BCUT2D eigenvalue weighted by Crippen LogP contribution is 2.34. The highest BCUT2D eigenvalue weighted by atomic mass is 32.2. The van der Waals surface area contributed by atoms with E-state index in [9.17, 15) is 19.2 Å². The van der Waals surface area contributed by atoms with Crippen LogP contribution in [0.25, 0.3) is 0 Å². The maximum atomic E-state index is 11.6. The molecule has 0 saturated carbocycles. The summed E-state index contributed by atoms with van der Waals surface area (Å²) in [6, 6.07) is 0. The quantitative estimate of drug-likeness (QED) is 0.257. The molecule has 0 aliphatic carbocycles. The fourth-order valence-electron chi connectivity index (χ4n) is 2.41. The summed E-state index contributed by atoms with van der Waals surface area (Å²) in [6.07, 6.45) is -4.76. The molecule has 0 aromatic rings. The lowest BCUT2D eigenvalue weighted by molar-refractivity contribution is -0.237. The van der Waals surface area contributed by atoms with Gasteiger partial charge in [0.2, 0.25) is 0 Å². The van der Waals surface area contributed by atoms with Crippen molar-refractivity contribution in [1.29, 1.82) is 5.41 Å². The summed E-state index contributed by atoms with van der Waals surface area (Å²) in [5.74, 6) is -2.76. The molecule has 0 aromatic heterocycles. The highest BCUT2D eigenvalue weighted by Gasteiger charge is 2.52. The van der Waals surface area contributed by atoms with Gasteiger partial charge in [0.05, 0.1) is 0 Å². The molecular weight excluding hydrogens is 384 g/mol. The normalized spacial score (nSPS) is 27.2. The van der Waals surface area contributed by atoms with E-state index < -0.39 is 53.7 Å². The molecule has 0 amide bonds. The first-order valence-electron chi connectivity index (χ1n) is 7.82. The van der Waals surface area contributed by atoms with Crippen LogP contribution in [0.15, 0.2) is 0 Å². The summed E-state index contributed by atoms with van der Waals surface area (Å²) >= 11 is 0.705. The number of thioether (sulfide) groups is 1. The van der Waals surface area contributed by atoms with Gasteiger partial charge in [-0.25, -0.2) is 0 Å². The monoisotopic (exact) mass is 406 g/mol. The fraction of sp³-hybridized carbons (Fsp3) is 0.667. The fourth-order valence-corrected chi connectivity index (χ4v) is 3.20. The predicted octanol–water partition coefficient (Wildman–Crippen LogP) is -0.304. The zero-order chi connectivity index (χ0) is 20.7. The van der Waals surface area contributed by atoms with Crippen LogP contribution >= 0.6 is 11.8 Å². The van der Waals surface area contributed by atoms with Crippen molar-refractivity contribution in [3.8, 4) is 0 Å². The summed E-state index contributed by atoms with van der Waals surface area (Å²) in [7, 11) is 0. The van der Waals surface area contributed by atoms with Crippen molar-refractivity contribution < 1.29 is 42.9 Å². The van der Waals surface area contributed by atoms with Crippen LogP contribution in [0.1, 0.15) is 27.7 Å². The number of rotatable bonds is 6. The average molecular weight is 406 g/mol. The van der Waals surface area contributed by atoms with Crippen molar-refractivity contribution in [2.75, 3.05) is 6.61 Å². The molecule has 27 heavy (non-hydrogen) atoms. The largest absolute Gasteiger partial charge is 0.463 e. The molecule has 3 N–H and O–H groups in total. The molecule has 0 spiro atoms. The molecule has 1 heterocycles. The van der Waals surface area contributed by atoms with Crippen molar-refractivity contribution in [2.45, 2.75) is 57.5 Å². The number of ether oxygens (including phenoxy) is 5. The number of amidine groups is 1. The Morgan fingerprint density at radius 1 is 0.889 bits per heavy atom. The van der Waals surface area contributed by atoms with Gasteiger partial charge in [-0.1, -0.05) is 11.8 Å². The third-order valence-electron chi connectivity index (χ3n) is 3.19. The van der Waals surface area contributed by atoms with Gasteiger partial charge in [0, 0.05) is 27.7 Å². The lowest BCUT2D eigenvalue weighted by atomic mass is 9.99. The third kappa shape index (κ3) is 7.43. The number of carbonyl (C=O) groups is 4. The van der Waals surface area contributed by atoms with Crippen molar-refractivity contribution in [3.05, 3.63) is 0 Å². The highest BCUT2D eigenvalue weighted by molar-refractivity contribution is 8.14. The van der Waals surface area contributed by atoms with Crippen LogP contribution in [0.2, 0.25) is 0 Å². The zero-order valence-corrected chi connectivity index (χ0v) is 16.1. The molecule has 0 unspecified atom stereocenters. The van der Waals surface area contributed by atoms with Crippen LogP contribution < -0.4 is 5.73 Å². The molecule has 1 rings (SSSR count). The molecule has 1 aliphatic heterocycles. The van der Waals surface area contributed by atoms with E-state index in [1.54, 1.807) is 0 Å². The van der Waals surface area contributed by atoms with Crippen LogP contribution in [0.3, 0.4) is 0 Å². The van der Waals surface area contributed by atoms with Gasteiger partial charge in [0.25, 0.3) is 0 Å². The lowest BCUT2D eigenvalue weighted by Gasteiger charge is -2.43. The van der Waals surface area contributed by atoms with E-state index in [1.807, 2.05) is 0 Å². The number of esters is 4. The number of carbonyl (C=O) groups excluding carboxylic acids is 4. The lowest BCUT2D eigenvalue weighted by Crippen LogP contribution is -2.61. The second-order valence-corrected chi connectivity index (χ2v) is 6.69. The third-order valence-corrected chi connectivity index (χ3v) is 4.06. The van der Waals surface area contributed by atoms with E-state index in [1.165, 1.54) is 6.92 Å². The van der Waals surface area contributed by atoms with E-state index in [4.69, 9.17) is 34.8 Å². The second kappa shape index (κ2) is 10.1. The Balaban J connectivity index is 3.29. The van der Waals surface area contributed by atoms with Gasteiger partial charge in [-0.3, -0.25) is 24.6 Å². The molecule has 1 aliphatic rings. The Hall–Kier alpha value is -2.34. The minimum Gasteiger partial charge on any atom is -0.463 e. The van der Waals surface area contributed by atoms with E-state index in [-0.39, 0.29) is 11.8 Å². The number of hydrogen-bond acceptors (Lipinski definition) is 11. The van der Waals surface area contributed by atoms with Crippen molar-refractivity contribution in [1.82, 2.24) is 0 Å². The van der Waals surface area contributed by atoms with Crippen LogP contribution in [0.4, 0.5) is 0 Å². The Labute approximate surface area is 159 Å². The summed E-state index contributed by atoms with van der Waals surface area (Å²) in [4.78, 5) is 45.7. The summed E-state index contributed by atoms with van der Waals surface area (Å²) < 4.78 is 26.2. The Kier molecular flexibility index (Phi) is 8.50. The number of nitrogens with one attached hydrogen (secondary N) is 1. The predicted molar refractivity (Wildman–Crippen MR) is 91.5 cm³/mol. The topological polar surface area (TPSA) is 164 Å². The molecule has 12 heteroatoms. The van der Waals surface area contributed by atoms with Crippen molar-refractivity contribution in [2.24, 2.45) is 5.73 Å². The number of nitrogens with two attached hydrogens (primary N) is 1. The van der Waals surface area contributed by atoms with Gasteiger partial charge < -0.3 is 29.4 Å². The molecule has 152 valence electrons. The average Bonchev–Trinajstić information content (AvgIpc) is 2.49. The zero-order valence-electron chi connectivity index (χ0n) is 15.3. The Morgan fingerprint density at radius 2 is 1.37 bits per heavy atom. The standard InChI is InChI=1S/C15H22N2O9S/c1-6(18)22-5-10-11(23-7(2)19)12(24-8(3)20)13(25-9(4)21)14(26-10)27-15(16)17/h10-14H,5H2,1-4H3,(H3,16,17)/t10-,11-,12+,13+,14-/m0/s1. The molecule has 0 aromatic carbocycles. The SMILES string of the molecule is CC(=O)OC[C@@H]1O[C@@H](SC(=N)N)[C@H](OC(C)=O)[C@H](OC(C)=O)[C@H]1OC(C)=O. The van der Waals surface area contributed by atoms with Gasteiger partial charge in [-0.15, -0.1) is 0 Å². The maximum Gasteiger partial charge on any atom is 0.303 e. The minimum atomic E-state index is -1.26. The molecule has 5 atom stereocenters. The molecule has 11 nitrogen and oxygen atoms in total. The van der Waals surface area contributed by atoms with E-state index in [0.29, 0.717) is 11.8 Å². The minimum absolute atomic E-state index is 0.327. The first kappa shape index (κ1) is 22.7. The Morgan fingerprint density at radius 3 is 1.81 bits per heavy atom. The molecule has 0 radical (unpaired) electrons. The van der Waals surface area contributed by atoms with Gasteiger partial charge in [-0.2, -0.15) is 0 Å². The maximum absolute atomic E-state index is 11.6. The van der Waals surface area contributed by atoms with Gasteiger partial charge in [-0.05, 0) is 0 Å². The van der Waals surface area contributed by atoms with Crippen LogP contribution in [0.5, 0.6) is 0 Å². The molecular formula is C15H22N2O9S. The van der Waals surface area contributed by atoms with Gasteiger partial charge in [0.1, 0.15) is 12.7 Å². The first-order chi connectivity index (χ1) is 12.5. The molecule has 0 bridgehead atoms. The van der Waals surface area contributed by atoms with Gasteiger partial charge >= 0.3 is 23.9 Å². The Bertz CT molecular complexity index is 612. The van der Waals surface area contributed by atoms with E-state index in [2.05, 4.69) is 0 Å². The van der Waals surface area contributed by atoms with E-state index >= 15 is 0 Å². The molecule has 1 saturated heterocycles. The number of hydrogen-bond donors (Lipinski definition) is 2. The van der Waals surface area contributed by atoms with Crippen molar-refractivity contribution in [3.63, 3.8) is 0 Å².